The Labute approximate surface area is 39.8 Å². The molecule has 0 saturated carbocycles. The van der Waals surface area contributed by atoms with Crippen LogP contribution in [-0.2, 0) is 0 Å². The van der Waals surface area contributed by atoms with Gasteiger partial charge in [0.15, 0.2) is 0 Å². The molecule has 1 atom stereocenters. The van der Waals surface area contributed by atoms with Crippen molar-refractivity contribution in [2.45, 2.75) is 25.8 Å². The highest BCUT2D eigenvalue weighted by atomic mass is 16.3. The maximum absolute atomic E-state index is 8.67. The van der Waals surface area contributed by atoms with E-state index >= 15 is 0 Å². The van der Waals surface area contributed by atoms with E-state index in [0.717, 1.165) is 12.7 Å². The van der Waals surface area contributed by atoms with E-state index in [1.54, 1.807) is 0 Å². The van der Waals surface area contributed by atoms with Crippen LogP contribution in [0.2, 0.25) is 6.32 Å². The van der Waals surface area contributed by atoms with Crippen LogP contribution < -0.4 is 0 Å². The SMILES string of the molecule is BCC(O)CC. The highest BCUT2D eigenvalue weighted by Crippen LogP contribution is 1.90. The average Bonchev–Trinajstić information content (AvgIpc) is 1.65. The normalized spacial score (nSPS) is 14.3. The van der Waals surface area contributed by atoms with E-state index in [9.17, 15) is 0 Å². The minimum atomic E-state index is -0.0648. The van der Waals surface area contributed by atoms with Gasteiger partial charge in [-0.25, -0.2) is 0 Å². The fraction of sp³-hybridized carbons (Fsp3) is 1.00. The van der Waals surface area contributed by atoms with Gasteiger partial charge in [0, 0.05) is 6.10 Å². The molecule has 6 heavy (non-hydrogen) atoms. The summed E-state index contributed by atoms with van der Waals surface area (Å²) in [4.78, 5) is 0. The van der Waals surface area contributed by atoms with E-state index in [2.05, 4.69) is 0 Å². The van der Waals surface area contributed by atoms with Crippen molar-refractivity contribution in [1.29, 1.82) is 0 Å². The first-order valence-electron chi connectivity index (χ1n) is 2.49. The molecule has 0 radical (unpaired) electrons. The van der Waals surface area contributed by atoms with Gasteiger partial charge in [0.1, 0.15) is 7.85 Å². The Hall–Kier alpha value is 0.0249. The predicted molar refractivity (Wildman–Crippen MR) is 29.6 cm³/mol. The second-order valence-electron chi connectivity index (χ2n) is 1.47. The lowest BCUT2D eigenvalue weighted by molar-refractivity contribution is 0.191. The fourth-order valence-corrected chi connectivity index (χ4v) is 0.289. The maximum atomic E-state index is 8.67. The first kappa shape index (κ1) is 6.02. The number of rotatable bonds is 2. The van der Waals surface area contributed by atoms with Gasteiger partial charge in [0.05, 0.1) is 0 Å². The first-order chi connectivity index (χ1) is 2.81. The van der Waals surface area contributed by atoms with Gasteiger partial charge in [-0.15, -0.1) is 0 Å². The van der Waals surface area contributed by atoms with Crippen LogP contribution in [0.1, 0.15) is 13.3 Å². The molecule has 0 aliphatic rings. The molecule has 0 aliphatic carbocycles. The molecule has 0 amide bonds. The minimum absolute atomic E-state index is 0.0648. The van der Waals surface area contributed by atoms with E-state index in [-0.39, 0.29) is 6.10 Å². The molecule has 0 spiro atoms. The van der Waals surface area contributed by atoms with Crippen LogP contribution in [-0.4, -0.2) is 19.1 Å². The molecular weight excluding hydrogens is 74.9 g/mol. The molecule has 0 aromatic heterocycles. The summed E-state index contributed by atoms with van der Waals surface area (Å²) in [7, 11) is 1.98. The maximum Gasteiger partial charge on any atom is 0.104 e. The number of hydrogen-bond donors (Lipinski definition) is 1. The zero-order chi connectivity index (χ0) is 4.99. The minimum Gasteiger partial charge on any atom is -0.394 e. The summed E-state index contributed by atoms with van der Waals surface area (Å²) in [6.45, 7) is 1.98. The standard InChI is InChI=1S/C4H11BO/c1-2-4(6)3-5/h4,6H,2-3,5H2,1H3. The smallest absolute Gasteiger partial charge is 0.104 e. The van der Waals surface area contributed by atoms with Gasteiger partial charge in [-0.1, -0.05) is 13.2 Å². The largest absolute Gasteiger partial charge is 0.394 e. The van der Waals surface area contributed by atoms with Crippen LogP contribution >= 0.6 is 0 Å². The lowest BCUT2D eigenvalue weighted by Crippen LogP contribution is -2.00. The Kier molecular flexibility index (Phi) is 3.24. The highest BCUT2D eigenvalue weighted by molar-refractivity contribution is 6.08. The van der Waals surface area contributed by atoms with E-state index in [0.29, 0.717) is 0 Å². The molecule has 0 aromatic rings. The van der Waals surface area contributed by atoms with Crippen molar-refractivity contribution in [3.05, 3.63) is 0 Å². The Morgan fingerprint density at radius 2 is 2.33 bits per heavy atom. The summed E-state index contributed by atoms with van der Waals surface area (Å²) in [6.07, 6.45) is 1.71. The predicted octanol–water partition coefficient (Wildman–Crippen LogP) is -0.191. The van der Waals surface area contributed by atoms with Crippen molar-refractivity contribution in [1.82, 2.24) is 0 Å². The number of aliphatic hydroxyl groups excluding tert-OH is 1. The van der Waals surface area contributed by atoms with Crippen LogP contribution in [0, 0.1) is 0 Å². The molecule has 36 valence electrons. The van der Waals surface area contributed by atoms with E-state index in [1.807, 2.05) is 14.8 Å². The lowest BCUT2D eigenvalue weighted by atomic mass is 9.98. The van der Waals surface area contributed by atoms with Crippen molar-refractivity contribution in [3.63, 3.8) is 0 Å². The summed E-state index contributed by atoms with van der Waals surface area (Å²) in [5, 5.41) is 8.67. The third-order valence-corrected chi connectivity index (χ3v) is 0.942. The molecule has 2 heteroatoms. The summed E-state index contributed by atoms with van der Waals surface area (Å²) >= 11 is 0. The molecular formula is C4H11BO. The first-order valence-corrected chi connectivity index (χ1v) is 2.49. The van der Waals surface area contributed by atoms with Crippen molar-refractivity contribution >= 4 is 7.85 Å². The third-order valence-electron chi connectivity index (χ3n) is 0.942. The quantitative estimate of drug-likeness (QED) is 0.461. The van der Waals surface area contributed by atoms with Gasteiger partial charge in [0.25, 0.3) is 0 Å². The molecule has 1 N–H and O–H groups in total. The van der Waals surface area contributed by atoms with E-state index in [1.165, 1.54) is 0 Å². The zero-order valence-electron chi connectivity index (χ0n) is 4.44. The van der Waals surface area contributed by atoms with Gasteiger partial charge in [-0.3, -0.25) is 0 Å². The van der Waals surface area contributed by atoms with Crippen molar-refractivity contribution in [2.24, 2.45) is 0 Å². The number of aliphatic hydroxyl groups is 1. The Balaban J connectivity index is 2.75. The topological polar surface area (TPSA) is 20.2 Å². The third kappa shape index (κ3) is 2.27. The molecule has 0 bridgehead atoms. The Bertz CT molecular complexity index is 26.7. The molecule has 1 unspecified atom stereocenters. The van der Waals surface area contributed by atoms with Gasteiger partial charge >= 0.3 is 0 Å². The van der Waals surface area contributed by atoms with Crippen LogP contribution in [0.5, 0.6) is 0 Å². The van der Waals surface area contributed by atoms with E-state index in [4.69, 9.17) is 5.11 Å². The van der Waals surface area contributed by atoms with Gasteiger partial charge in [0.2, 0.25) is 0 Å². The van der Waals surface area contributed by atoms with Crippen LogP contribution in [0.3, 0.4) is 0 Å². The van der Waals surface area contributed by atoms with Crippen LogP contribution in [0.4, 0.5) is 0 Å². The van der Waals surface area contributed by atoms with Crippen LogP contribution in [0.25, 0.3) is 0 Å². The molecule has 1 nitrogen and oxygen atoms in total. The van der Waals surface area contributed by atoms with Gasteiger partial charge in [-0.2, -0.15) is 0 Å². The second kappa shape index (κ2) is 3.22. The van der Waals surface area contributed by atoms with E-state index < -0.39 is 0 Å². The van der Waals surface area contributed by atoms with Crippen molar-refractivity contribution in [3.8, 4) is 0 Å². The van der Waals surface area contributed by atoms with Crippen molar-refractivity contribution < 1.29 is 5.11 Å². The summed E-state index contributed by atoms with van der Waals surface area (Å²) < 4.78 is 0. The molecule has 0 rings (SSSR count). The Morgan fingerprint density at radius 1 is 1.83 bits per heavy atom. The molecule has 0 aliphatic heterocycles. The molecule has 0 aromatic carbocycles. The molecule has 0 saturated heterocycles. The fourth-order valence-electron chi connectivity index (χ4n) is 0.289. The summed E-state index contributed by atoms with van der Waals surface area (Å²) in [5.74, 6) is 0. The second-order valence-corrected chi connectivity index (χ2v) is 1.47. The summed E-state index contributed by atoms with van der Waals surface area (Å²) in [6, 6.07) is 0. The lowest BCUT2D eigenvalue weighted by Gasteiger charge is -1.98. The molecule has 0 heterocycles. The van der Waals surface area contributed by atoms with Gasteiger partial charge in [-0.05, 0) is 6.42 Å². The zero-order valence-corrected chi connectivity index (χ0v) is 4.44. The molecule has 0 fully saturated rings. The van der Waals surface area contributed by atoms with Crippen LogP contribution in [0.15, 0.2) is 0 Å². The average molecular weight is 85.9 g/mol. The number of hydrogen-bond acceptors (Lipinski definition) is 1. The Morgan fingerprint density at radius 3 is 2.33 bits per heavy atom. The highest BCUT2D eigenvalue weighted by Gasteiger charge is 1.90. The summed E-state index contributed by atoms with van der Waals surface area (Å²) in [5.41, 5.74) is 0. The van der Waals surface area contributed by atoms with Gasteiger partial charge < -0.3 is 5.11 Å². The monoisotopic (exact) mass is 86.1 g/mol. The van der Waals surface area contributed by atoms with Crippen molar-refractivity contribution in [2.75, 3.05) is 0 Å².